The number of H-pyrrole nitrogens is 1. The third-order valence-corrected chi connectivity index (χ3v) is 6.21. The van der Waals surface area contributed by atoms with E-state index in [1.807, 2.05) is 0 Å². The lowest BCUT2D eigenvalue weighted by atomic mass is 10.1. The van der Waals surface area contributed by atoms with E-state index in [1.165, 1.54) is 6.20 Å². The fourth-order valence-electron chi connectivity index (χ4n) is 2.76. The maximum absolute atomic E-state index is 13.0. The Morgan fingerprint density at radius 1 is 1.48 bits per heavy atom. The van der Waals surface area contributed by atoms with Crippen molar-refractivity contribution in [1.82, 2.24) is 14.3 Å². The third-order valence-electron chi connectivity index (χ3n) is 3.82. The summed E-state index contributed by atoms with van der Waals surface area (Å²) in [5.41, 5.74) is 0.573. The molecule has 1 unspecified atom stereocenters. The van der Waals surface area contributed by atoms with Crippen molar-refractivity contribution in [3.63, 3.8) is 0 Å². The molecule has 1 atom stereocenters. The van der Waals surface area contributed by atoms with Crippen molar-refractivity contribution in [3.05, 3.63) is 35.6 Å². The number of halogens is 1. The van der Waals surface area contributed by atoms with Gasteiger partial charge in [-0.25, -0.2) is 13.4 Å². The summed E-state index contributed by atoms with van der Waals surface area (Å²) in [7, 11) is -3.55. The molecule has 0 radical (unpaired) electrons. The summed E-state index contributed by atoms with van der Waals surface area (Å²) in [5, 5.41) is 0.609. The zero-order chi connectivity index (χ0) is 15.0. The van der Waals surface area contributed by atoms with Crippen molar-refractivity contribution in [2.24, 2.45) is 0 Å². The van der Waals surface area contributed by atoms with Crippen molar-refractivity contribution >= 4 is 37.0 Å². The summed E-state index contributed by atoms with van der Waals surface area (Å²) in [6.45, 7) is 4.31. The number of sulfonamides is 1. The summed E-state index contributed by atoms with van der Waals surface area (Å²) < 4.78 is 28.2. The molecule has 21 heavy (non-hydrogen) atoms. The number of fused-ring (bicyclic) bond motifs is 1. The number of nitrogens with one attached hydrogen (secondary N) is 1. The normalized spacial score (nSPS) is 20.7. The second-order valence-electron chi connectivity index (χ2n) is 5.12. The lowest BCUT2D eigenvalue weighted by Crippen LogP contribution is -2.42. The lowest BCUT2D eigenvalue weighted by Gasteiger charge is -2.32. The minimum absolute atomic E-state index is 0.131. The summed E-state index contributed by atoms with van der Waals surface area (Å²) in [6, 6.07) is 1.65. The van der Waals surface area contributed by atoms with E-state index in [2.05, 4.69) is 32.5 Å². The van der Waals surface area contributed by atoms with Crippen LogP contribution in [0.5, 0.6) is 0 Å². The van der Waals surface area contributed by atoms with E-state index in [0.29, 0.717) is 17.6 Å². The highest BCUT2D eigenvalue weighted by molar-refractivity contribution is 9.10. The largest absolute Gasteiger partial charge is 0.345 e. The highest BCUT2D eigenvalue weighted by Crippen LogP contribution is 2.30. The number of aromatic nitrogens is 2. The minimum atomic E-state index is -3.55. The maximum Gasteiger partial charge on any atom is 0.245 e. The Kier molecular flexibility index (Phi) is 3.90. The molecule has 1 aliphatic heterocycles. The molecule has 5 nitrogen and oxygen atoms in total. The molecule has 3 heterocycles. The Hall–Kier alpha value is -1.18. The van der Waals surface area contributed by atoms with Gasteiger partial charge in [0, 0.05) is 34.8 Å². The molecule has 0 aliphatic carbocycles. The number of hydrogen-bond acceptors (Lipinski definition) is 3. The molecule has 2 aromatic rings. The van der Waals surface area contributed by atoms with Gasteiger partial charge in [0.05, 0.1) is 0 Å². The second-order valence-corrected chi connectivity index (χ2v) is 7.89. The van der Waals surface area contributed by atoms with Gasteiger partial charge in [0.15, 0.2) is 0 Å². The van der Waals surface area contributed by atoms with Gasteiger partial charge in [0.2, 0.25) is 10.0 Å². The lowest BCUT2D eigenvalue weighted by molar-refractivity contribution is 0.292. The summed E-state index contributed by atoms with van der Waals surface area (Å²) in [4.78, 5) is 7.40. The minimum Gasteiger partial charge on any atom is -0.345 e. The Labute approximate surface area is 132 Å². The van der Waals surface area contributed by atoms with Gasteiger partial charge in [0.25, 0.3) is 0 Å². The Bertz CT molecular complexity index is 785. The van der Waals surface area contributed by atoms with Crippen LogP contribution >= 0.6 is 15.9 Å². The average Bonchev–Trinajstić information content (AvgIpc) is 2.90. The zero-order valence-corrected chi connectivity index (χ0v) is 13.8. The maximum atomic E-state index is 13.0. The molecule has 112 valence electrons. The van der Waals surface area contributed by atoms with Crippen molar-refractivity contribution in [2.75, 3.05) is 6.54 Å². The van der Waals surface area contributed by atoms with E-state index in [-0.39, 0.29) is 10.9 Å². The fourth-order valence-corrected chi connectivity index (χ4v) is 4.90. The first-order chi connectivity index (χ1) is 10.0. The first kappa shape index (κ1) is 14.7. The average molecular weight is 370 g/mol. The molecule has 7 heteroatoms. The van der Waals surface area contributed by atoms with Crippen molar-refractivity contribution < 1.29 is 8.42 Å². The number of aromatic amines is 1. The van der Waals surface area contributed by atoms with Crippen molar-refractivity contribution in [3.8, 4) is 0 Å². The van der Waals surface area contributed by atoms with E-state index in [0.717, 1.165) is 23.7 Å². The van der Waals surface area contributed by atoms with Gasteiger partial charge in [-0.15, -0.1) is 6.58 Å². The van der Waals surface area contributed by atoms with Gasteiger partial charge >= 0.3 is 0 Å². The summed E-state index contributed by atoms with van der Waals surface area (Å²) in [5.74, 6) is 0. The molecule has 0 saturated carbocycles. The van der Waals surface area contributed by atoms with Crippen LogP contribution in [0.25, 0.3) is 11.0 Å². The fraction of sp³-hybridized carbons (Fsp3) is 0.357. The predicted octanol–water partition coefficient (Wildman–Crippen LogP) is 3.05. The smallest absolute Gasteiger partial charge is 0.245 e. The molecular formula is C14H16BrN3O2S. The summed E-state index contributed by atoms with van der Waals surface area (Å²) in [6.07, 6.45) is 7.63. The van der Waals surface area contributed by atoms with Gasteiger partial charge in [-0.05, 0) is 34.8 Å². The van der Waals surface area contributed by atoms with Gasteiger partial charge < -0.3 is 4.98 Å². The van der Waals surface area contributed by atoms with Crippen LogP contribution in [0.3, 0.4) is 0 Å². The van der Waals surface area contributed by atoms with Crippen LogP contribution in [0.4, 0.5) is 0 Å². The van der Waals surface area contributed by atoms with E-state index in [1.54, 1.807) is 22.6 Å². The Morgan fingerprint density at radius 3 is 3.05 bits per heavy atom. The van der Waals surface area contributed by atoms with Crippen LogP contribution in [0.15, 0.2) is 40.5 Å². The number of hydrogen-bond donors (Lipinski definition) is 1. The molecule has 2 aromatic heterocycles. The molecule has 0 bridgehead atoms. The molecule has 0 amide bonds. The number of piperidine rings is 1. The van der Waals surface area contributed by atoms with E-state index in [4.69, 9.17) is 0 Å². The molecular weight excluding hydrogens is 354 g/mol. The SMILES string of the molecule is C=CC1CCCCN1S(=O)(=O)c1c[nH]c2ncc(Br)cc12. The highest BCUT2D eigenvalue weighted by atomic mass is 79.9. The number of rotatable bonds is 3. The number of pyridine rings is 1. The van der Waals surface area contributed by atoms with Gasteiger partial charge in [-0.1, -0.05) is 12.5 Å². The van der Waals surface area contributed by atoms with Crippen molar-refractivity contribution in [1.29, 1.82) is 0 Å². The molecule has 1 N–H and O–H groups in total. The van der Waals surface area contributed by atoms with Gasteiger partial charge in [-0.3, -0.25) is 0 Å². The third kappa shape index (κ3) is 2.54. The van der Waals surface area contributed by atoms with E-state index < -0.39 is 10.0 Å². The predicted molar refractivity (Wildman–Crippen MR) is 85.5 cm³/mol. The summed E-state index contributed by atoms with van der Waals surface area (Å²) >= 11 is 3.34. The second kappa shape index (κ2) is 5.55. The van der Waals surface area contributed by atoms with E-state index in [9.17, 15) is 8.42 Å². The van der Waals surface area contributed by atoms with Gasteiger partial charge in [-0.2, -0.15) is 4.31 Å². The molecule has 0 spiro atoms. The molecule has 0 aromatic carbocycles. The van der Waals surface area contributed by atoms with Crippen LogP contribution in [-0.2, 0) is 10.0 Å². The van der Waals surface area contributed by atoms with Gasteiger partial charge in [0.1, 0.15) is 10.5 Å². The van der Waals surface area contributed by atoms with Crippen LogP contribution in [-0.4, -0.2) is 35.3 Å². The number of nitrogens with zero attached hydrogens (tertiary/aromatic N) is 2. The molecule has 3 rings (SSSR count). The zero-order valence-electron chi connectivity index (χ0n) is 11.4. The van der Waals surface area contributed by atoms with Crippen LogP contribution in [0, 0.1) is 0 Å². The van der Waals surface area contributed by atoms with Crippen molar-refractivity contribution in [2.45, 2.75) is 30.2 Å². The first-order valence-corrected chi connectivity index (χ1v) is 9.04. The van der Waals surface area contributed by atoms with Crippen LogP contribution in [0.2, 0.25) is 0 Å². The monoisotopic (exact) mass is 369 g/mol. The topological polar surface area (TPSA) is 66.1 Å². The highest BCUT2D eigenvalue weighted by Gasteiger charge is 2.33. The Balaban J connectivity index is 2.11. The van der Waals surface area contributed by atoms with Crippen LogP contribution in [0.1, 0.15) is 19.3 Å². The van der Waals surface area contributed by atoms with Crippen LogP contribution < -0.4 is 0 Å². The quantitative estimate of drug-likeness (QED) is 0.845. The molecule has 1 aliphatic rings. The first-order valence-electron chi connectivity index (χ1n) is 6.81. The van der Waals surface area contributed by atoms with E-state index >= 15 is 0 Å². The standard InChI is InChI=1S/C14H16BrN3O2S/c1-2-11-5-3-4-6-18(11)21(19,20)13-9-17-14-12(13)7-10(15)8-16-14/h2,7-9,11H,1,3-6H2,(H,16,17). The molecule has 1 fully saturated rings. The Morgan fingerprint density at radius 2 is 2.29 bits per heavy atom. The molecule has 1 saturated heterocycles.